The van der Waals surface area contributed by atoms with Gasteiger partial charge in [-0.15, -0.1) is 0 Å². The number of nitrogens with zero attached hydrogens (tertiary/aromatic N) is 1. The van der Waals surface area contributed by atoms with Crippen LogP contribution in [0, 0.1) is 0 Å². The summed E-state index contributed by atoms with van der Waals surface area (Å²) in [6.45, 7) is 3.98. The molecule has 0 radical (unpaired) electrons. The Hall–Kier alpha value is -1.62. The lowest BCUT2D eigenvalue weighted by atomic mass is 9.82. The number of hydrogen-bond donors (Lipinski definition) is 0. The number of imide groups is 1. The summed E-state index contributed by atoms with van der Waals surface area (Å²) in [5, 5.41) is -0.274. The molecule has 1 unspecified atom stereocenters. The van der Waals surface area contributed by atoms with E-state index in [2.05, 4.69) is 0 Å². The molecule has 0 saturated carbocycles. The molecule has 1 aromatic rings. The molecule has 2 rings (SSSR count). The van der Waals surface area contributed by atoms with Crippen LogP contribution in [-0.2, 0) is 19.8 Å². The third-order valence-electron chi connectivity index (χ3n) is 3.89. The number of thioether (sulfide) groups is 1. The van der Waals surface area contributed by atoms with Crippen molar-refractivity contribution in [2.45, 2.75) is 37.4 Å². The predicted octanol–water partition coefficient (Wildman–Crippen LogP) is 2.55. The SMILES string of the molecule is CSC1CC(=O)N(c2ccc(C(C)(C)CC=O)cc2)C1=O. The Balaban J connectivity index is 2.25. The minimum atomic E-state index is -0.274. The molecule has 2 amide bonds. The average Bonchev–Trinajstić information content (AvgIpc) is 2.73. The van der Waals surface area contributed by atoms with Crippen molar-refractivity contribution in [3.63, 3.8) is 0 Å². The van der Waals surface area contributed by atoms with Gasteiger partial charge in [0.15, 0.2) is 0 Å². The van der Waals surface area contributed by atoms with Crippen LogP contribution in [-0.4, -0.2) is 29.6 Å². The van der Waals surface area contributed by atoms with Gasteiger partial charge in [0.2, 0.25) is 11.8 Å². The van der Waals surface area contributed by atoms with E-state index < -0.39 is 0 Å². The van der Waals surface area contributed by atoms with Gasteiger partial charge in [-0.05, 0) is 29.4 Å². The molecule has 1 atom stereocenters. The fraction of sp³-hybridized carbons (Fsp3) is 0.438. The van der Waals surface area contributed by atoms with Gasteiger partial charge in [0.05, 0.1) is 10.9 Å². The summed E-state index contributed by atoms with van der Waals surface area (Å²) < 4.78 is 0. The molecule has 1 aliphatic heterocycles. The maximum Gasteiger partial charge on any atom is 0.247 e. The number of rotatable bonds is 5. The molecule has 1 fully saturated rings. The van der Waals surface area contributed by atoms with Crippen molar-refractivity contribution < 1.29 is 14.4 Å². The molecular formula is C16H19NO3S. The van der Waals surface area contributed by atoms with Crippen LogP contribution in [0.15, 0.2) is 24.3 Å². The molecule has 4 nitrogen and oxygen atoms in total. The summed E-state index contributed by atoms with van der Waals surface area (Å²) in [7, 11) is 0. The maximum atomic E-state index is 12.2. The van der Waals surface area contributed by atoms with Gasteiger partial charge in [0.1, 0.15) is 6.29 Å². The van der Waals surface area contributed by atoms with E-state index >= 15 is 0 Å². The minimum absolute atomic E-state index is 0.146. The smallest absolute Gasteiger partial charge is 0.247 e. The Morgan fingerprint density at radius 2 is 1.90 bits per heavy atom. The van der Waals surface area contributed by atoms with Crippen LogP contribution in [0.25, 0.3) is 0 Å². The van der Waals surface area contributed by atoms with E-state index in [1.54, 1.807) is 12.1 Å². The van der Waals surface area contributed by atoms with Gasteiger partial charge in [-0.1, -0.05) is 26.0 Å². The van der Waals surface area contributed by atoms with E-state index in [1.165, 1.54) is 16.7 Å². The lowest BCUT2D eigenvalue weighted by Crippen LogP contribution is -2.31. The number of hydrogen-bond acceptors (Lipinski definition) is 4. The maximum absolute atomic E-state index is 12.2. The number of aldehydes is 1. The number of carbonyl (C=O) groups is 3. The highest BCUT2D eigenvalue weighted by atomic mass is 32.2. The van der Waals surface area contributed by atoms with Crippen molar-refractivity contribution in [1.82, 2.24) is 0 Å². The number of benzene rings is 1. The molecule has 0 N–H and O–H groups in total. The number of amides is 2. The minimum Gasteiger partial charge on any atom is -0.303 e. The topological polar surface area (TPSA) is 54.5 Å². The highest BCUT2D eigenvalue weighted by Gasteiger charge is 2.39. The normalized spacial score (nSPS) is 19.2. The zero-order valence-corrected chi connectivity index (χ0v) is 13.3. The predicted molar refractivity (Wildman–Crippen MR) is 84.6 cm³/mol. The van der Waals surface area contributed by atoms with Gasteiger partial charge in [-0.3, -0.25) is 9.59 Å². The molecule has 1 saturated heterocycles. The van der Waals surface area contributed by atoms with Crippen molar-refractivity contribution in [3.05, 3.63) is 29.8 Å². The Morgan fingerprint density at radius 1 is 1.29 bits per heavy atom. The van der Waals surface area contributed by atoms with Crippen LogP contribution in [0.2, 0.25) is 0 Å². The lowest BCUT2D eigenvalue weighted by Gasteiger charge is -2.23. The van der Waals surface area contributed by atoms with E-state index in [0.29, 0.717) is 12.1 Å². The molecular weight excluding hydrogens is 286 g/mol. The fourth-order valence-corrected chi connectivity index (χ4v) is 3.06. The van der Waals surface area contributed by atoms with Crippen LogP contribution in [0.5, 0.6) is 0 Å². The summed E-state index contributed by atoms with van der Waals surface area (Å²) in [5.74, 6) is -0.299. The van der Waals surface area contributed by atoms with Crippen molar-refractivity contribution in [1.29, 1.82) is 0 Å². The highest BCUT2D eigenvalue weighted by molar-refractivity contribution is 8.00. The number of carbonyl (C=O) groups excluding carboxylic acids is 3. The third-order valence-corrected chi connectivity index (χ3v) is 4.83. The zero-order valence-electron chi connectivity index (χ0n) is 12.5. The molecule has 0 spiro atoms. The average molecular weight is 305 g/mol. The van der Waals surface area contributed by atoms with Gasteiger partial charge in [-0.25, -0.2) is 4.90 Å². The highest BCUT2D eigenvalue weighted by Crippen LogP contribution is 2.31. The molecule has 0 aliphatic carbocycles. The second-order valence-electron chi connectivity index (χ2n) is 5.80. The van der Waals surface area contributed by atoms with E-state index in [1.807, 2.05) is 32.2 Å². The first-order valence-corrected chi connectivity index (χ1v) is 8.13. The number of anilines is 1. The summed E-state index contributed by atoms with van der Waals surface area (Å²) in [6, 6.07) is 7.32. The van der Waals surface area contributed by atoms with Crippen LogP contribution in [0.3, 0.4) is 0 Å². The third kappa shape index (κ3) is 3.02. The van der Waals surface area contributed by atoms with Crippen LogP contribution < -0.4 is 4.90 Å². The molecule has 1 heterocycles. The monoisotopic (exact) mass is 305 g/mol. The second-order valence-corrected chi connectivity index (χ2v) is 6.84. The Kier molecular flexibility index (Phi) is 4.52. The van der Waals surface area contributed by atoms with Gasteiger partial charge >= 0.3 is 0 Å². The van der Waals surface area contributed by atoms with Crippen molar-refractivity contribution in [3.8, 4) is 0 Å². The second kappa shape index (κ2) is 6.02. The first kappa shape index (κ1) is 15.8. The van der Waals surface area contributed by atoms with Gasteiger partial charge in [0.25, 0.3) is 0 Å². The summed E-state index contributed by atoms with van der Waals surface area (Å²) in [4.78, 5) is 36.1. The first-order valence-electron chi connectivity index (χ1n) is 6.84. The molecule has 1 aliphatic rings. The largest absolute Gasteiger partial charge is 0.303 e. The molecule has 112 valence electrons. The van der Waals surface area contributed by atoms with Crippen LogP contribution >= 0.6 is 11.8 Å². The zero-order chi connectivity index (χ0) is 15.6. The van der Waals surface area contributed by atoms with E-state index in [9.17, 15) is 14.4 Å². The first-order chi connectivity index (χ1) is 9.90. The van der Waals surface area contributed by atoms with Crippen LogP contribution in [0.4, 0.5) is 5.69 Å². The van der Waals surface area contributed by atoms with Crippen LogP contribution in [0.1, 0.15) is 32.3 Å². The molecule has 0 bridgehead atoms. The summed E-state index contributed by atoms with van der Waals surface area (Å²) >= 11 is 1.41. The van der Waals surface area contributed by atoms with E-state index in [0.717, 1.165) is 11.8 Å². The van der Waals surface area contributed by atoms with Crippen molar-refractivity contribution >= 4 is 35.5 Å². The molecule has 0 aromatic heterocycles. The molecule has 1 aromatic carbocycles. The lowest BCUT2D eigenvalue weighted by molar-refractivity contribution is -0.121. The molecule has 21 heavy (non-hydrogen) atoms. The van der Waals surface area contributed by atoms with Crippen molar-refractivity contribution in [2.24, 2.45) is 0 Å². The standard InChI is InChI=1S/C16H19NO3S/c1-16(2,8-9-18)11-4-6-12(7-5-11)17-14(19)10-13(21-3)15(17)20/h4-7,9,13H,8,10H2,1-3H3. The fourth-order valence-electron chi connectivity index (χ4n) is 2.45. The van der Waals surface area contributed by atoms with E-state index in [-0.39, 0.29) is 28.9 Å². The molecule has 5 heteroatoms. The Labute approximate surface area is 128 Å². The van der Waals surface area contributed by atoms with Gasteiger partial charge in [-0.2, -0.15) is 11.8 Å². The Morgan fingerprint density at radius 3 is 2.38 bits per heavy atom. The van der Waals surface area contributed by atoms with E-state index in [4.69, 9.17) is 0 Å². The summed E-state index contributed by atoms with van der Waals surface area (Å²) in [6.07, 6.45) is 3.44. The Bertz CT molecular complexity index is 565. The summed E-state index contributed by atoms with van der Waals surface area (Å²) in [5.41, 5.74) is 1.37. The quantitative estimate of drug-likeness (QED) is 0.620. The van der Waals surface area contributed by atoms with Crippen molar-refractivity contribution in [2.75, 3.05) is 11.2 Å². The van der Waals surface area contributed by atoms with Gasteiger partial charge < -0.3 is 4.79 Å². The van der Waals surface area contributed by atoms with Gasteiger partial charge in [0, 0.05) is 12.8 Å².